The minimum Gasteiger partial charge on any atom is -0.343 e. The molecule has 0 saturated carbocycles. The molecule has 2 amide bonds. The van der Waals surface area contributed by atoms with Crippen LogP contribution in [-0.4, -0.2) is 56.2 Å². The molecule has 0 unspecified atom stereocenters. The monoisotopic (exact) mass is 479 g/mol. The van der Waals surface area contributed by atoms with Crippen LogP contribution in [0.3, 0.4) is 0 Å². The number of carbonyl (C=O) groups excluding carboxylic acids is 2. The highest BCUT2D eigenvalue weighted by atomic mass is 32.2. The average molecular weight is 480 g/mol. The Hall–Kier alpha value is -2.23. The van der Waals surface area contributed by atoms with Crippen molar-refractivity contribution in [3.05, 3.63) is 16.0 Å². The van der Waals surface area contributed by atoms with E-state index in [4.69, 9.17) is 5.84 Å². The molecule has 12 heteroatoms. The van der Waals surface area contributed by atoms with E-state index in [2.05, 4.69) is 21.6 Å². The van der Waals surface area contributed by atoms with Crippen molar-refractivity contribution < 1.29 is 9.59 Å². The molecule has 2 aromatic heterocycles. The molecular formula is C19H25N7O2S3. The largest absolute Gasteiger partial charge is 0.343 e. The van der Waals surface area contributed by atoms with Crippen LogP contribution in [0, 0.1) is 11.3 Å². The molecule has 0 saturated heterocycles. The third-order valence-corrected chi connectivity index (χ3v) is 8.02. The molecule has 1 aliphatic carbocycles. The van der Waals surface area contributed by atoms with Gasteiger partial charge >= 0.3 is 0 Å². The van der Waals surface area contributed by atoms with Gasteiger partial charge in [0.05, 0.1) is 17.1 Å². The number of fused-ring (bicyclic) bond motifs is 1. The zero-order valence-corrected chi connectivity index (χ0v) is 20.0. The summed E-state index contributed by atoms with van der Waals surface area (Å²) >= 11 is 3.87. The Morgan fingerprint density at radius 3 is 2.48 bits per heavy atom. The standard InChI is InChI=1S/C19H25N7O2S3/c1-3-25(4-2)16(28)11-30-19-24-23-18(26(19)21)29-10-15(27)22-17-13(9-20)12-7-5-6-8-14(12)31-17/h3-8,10-11,21H2,1-2H3,(H,22,27). The molecule has 0 spiro atoms. The Bertz CT molecular complexity index is 992. The lowest BCUT2D eigenvalue weighted by molar-refractivity contribution is -0.128. The van der Waals surface area contributed by atoms with E-state index < -0.39 is 0 Å². The first-order chi connectivity index (χ1) is 15.0. The lowest BCUT2D eigenvalue weighted by Gasteiger charge is -2.17. The summed E-state index contributed by atoms with van der Waals surface area (Å²) in [5.74, 6) is 6.13. The van der Waals surface area contributed by atoms with Crippen molar-refractivity contribution in [1.29, 1.82) is 5.26 Å². The van der Waals surface area contributed by atoms with Crippen LogP contribution in [0.1, 0.15) is 42.7 Å². The van der Waals surface area contributed by atoms with E-state index in [1.54, 1.807) is 4.90 Å². The summed E-state index contributed by atoms with van der Waals surface area (Å²) in [5, 5.41) is 21.8. The molecule has 2 aromatic rings. The number of nitrogens with zero attached hydrogens (tertiary/aromatic N) is 5. The molecule has 0 aliphatic heterocycles. The maximum absolute atomic E-state index is 12.5. The first-order valence-corrected chi connectivity index (χ1v) is 12.9. The van der Waals surface area contributed by atoms with Crippen molar-refractivity contribution in [2.24, 2.45) is 0 Å². The van der Waals surface area contributed by atoms with Gasteiger partial charge in [0.2, 0.25) is 22.1 Å². The van der Waals surface area contributed by atoms with Crippen LogP contribution in [0.5, 0.6) is 0 Å². The van der Waals surface area contributed by atoms with Gasteiger partial charge in [0.1, 0.15) is 11.1 Å². The highest BCUT2D eigenvalue weighted by Gasteiger charge is 2.22. The first-order valence-electron chi connectivity index (χ1n) is 10.1. The molecular weight excluding hydrogens is 454 g/mol. The molecule has 0 fully saturated rings. The van der Waals surface area contributed by atoms with Gasteiger partial charge in [0.15, 0.2) is 0 Å². The molecule has 2 heterocycles. The number of nitrogen functional groups attached to an aromatic ring is 1. The normalized spacial score (nSPS) is 12.8. The first kappa shape index (κ1) is 23.4. The zero-order chi connectivity index (χ0) is 22.4. The smallest absolute Gasteiger partial charge is 0.235 e. The fraction of sp³-hybridized carbons (Fsp3) is 0.526. The summed E-state index contributed by atoms with van der Waals surface area (Å²) in [6, 6.07) is 2.24. The lowest BCUT2D eigenvalue weighted by atomic mass is 9.96. The predicted octanol–water partition coefficient (Wildman–Crippen LogP) is 2.50. The molecule has 31 heavy (non-hydrogen) atoms. The quantitative estimate of drug-likeness (QED) is 0.414. The zero-order valence-electron chi connectivity index (χ0n) is 17.5. The van der Waals surface area contributed by atoms with E-state index in [-0.39, 0.29) is 23.3 Å². The number of aromatic nitrogens is 3. The molecule has 166 valence electrons. The molecule has 9 nitrogen and oxygen atoms in total. The third-order valence-electron chi connectivity index (χ3n) is 4.94. The number of anilines is 1. The second-order valence-corrected chi connectivity index (χ2v) is 9.84. The molecule has 1 aliphatic rings. The van der Waals surface area contributed by atoms with Gasteiger partial charge in [-0.1, -0.05) is 23.5 Å². The van der Waals surface area contributed by atoms with Gasteiger partial charge in [0.25, 0.3) is 0 Å². The van der Waals surface area contributed by atoms with Crippen molar-refractivity contribution in [3.63, 3.8) is 0 Å². The van der Waals surface area contributed by atoms with Gasteiger partial charge < -0.3 is 16.1 Å². The number of nitrogens with one attached hydrogen (secondary N) is 1. The molecule has 0 bridgehead atoms. The van der Waals surface area contributed by atoms with Gasteiger partial charge in [-0.25, -0.2) is 4.68 Å². The van der Waals surface area contributed by atoms with Crippen LogP contribution in [-0.2, 0) is 22.4 Å². The summed E-state index contributed by atoms with van der Waals surface area (Å²) in [5.41, 5.74) is 1.68. The van der Waals surface area contributed by atoms with Crippen LogP contribution < -0.4 is 11.2 Å². The third kappa shape index (κ3) is 5.53. The van der Waals surface area contributed by atoms with Gasteiger partial charge in [-0.05, 0) is 45.1 Å². The van der Waals surface area contributed by atoms with Crippen molar-refractivity contribution >= 4 is 51.7 Å². The van der Waals surface area contributed by atoms with E-state index in [1.165, 1.54) is 32.7 Å². The number of rotatable bonds is 9. The minimum atomic E-state index is -0.228. The fourth-order valence-electron chi connectivity index (χ4n) is 3.32. The Kier molecular flexibility index (Phi) is 8.22. The van der Waals surface area contributed by atoms with Crippen molar-refractivity contribution in [2.45, 2.75) is 49.8 Å². The summed E-state index contributed by atoms with van der Waals surface area (Å²) in [4.78, 5) is 27.5. The maximum atomic E-state index is 12.5. The molecule has 0 radical (unpaired) electrons. The van der Waals surface area contributed by atoms with E-state index in [0.717, 1.165) is 43.0 Å². The number of carbonyl (C=O) groups is 2. The average Bonchev–Trinajstić information content (AvgIpc) is 3.30. The van der Waals surface area contributed by atoms with Crippen LogP contribution >= 0.6 is 34.9 Å². The number of hydrogen-bond donors (Lipinski definition) is 2. The van der Waals surface area contributed by atoms with Crippen molar-refractivity contribution in [2.75, 3.05) is 35.8 Å². The minimum absolute atomic E-state index is 0.0125. The number of hydrogen-bond acceptors (Lipinski definition) is 9. The number of thioether (sulfide) groups is 2. The Morgan fingerprint density at radius 1 is 1.19 bits per heavy atom. The number of thiophene rings is 1. The van der Waals surface area contributed by atoms with E-state index >= 15 is 0 Å². The number of amides is 2. The summed E-state index contributed by atoms with van der Waals surface area (Å²) in [6.45, 7) is 5.18. The molecule has 0 aromatic carbocycles. The highest BCUT2D eigenvalue weighted by Crippen LogP contribution is 2.37. The molecule has 3 N–H and O–H groups in total. The topological polar surface area (TPSA) is 130 Å². The number of nitriles is 1. The predicted molar refractivity (Wildman–Crippen MR) is 124 cm³/mol. The number of aryl methyl sites for hydroxylation is 1. The van der Waals surface area contributed by atoms with Crippen LogP contribution in [0.2, 0.25) is 0 Å². The second-order valence-electron chi connectivity index (χ2n) is 6.85. The van der Waals surface area contributed by atoms with Gasteiger partial charge in [-0.2, -0.15) is 5.26 Å². The van der Waals surface area contributed by atoms with Gasteiger partial charge in [-0.3, -0.25) is 9.59 Å². The molecule has 3 rings (SSSR count). The summed E-state index contributed by atoms with van der Waals surface area (Å²) < 4.78 is 1.29. The van der Waals surface area contributed by atoms with Gasteiger partial charge in [-0.15, -0.1) is 21.5 Å². The summed E-state index contributed by atoms with van der Waals surface area (Å²) in [6.07, 6.45) is 4.06. The van der Waals surface area contributed by atoms with Crippen LogP contribution in [0.4, 0.5) is 5.00 Å². The van der Waals surface area contributed by atoms with Crippen molar-refractivity contribution in [1.82, 2.24) is 19.8 Å². The van der Waals surface area contributed by atoms with Crippen LogP contribution in [0.25, 0.3) is 0 Å². The van der Waals surface area contributed by atoms with Gasteiger partial charge in [0, 0.05) is 18.0 Å². The van der Waals surface area contributed by atoms with Crippen LogP contribution in [0.15, 0.2) is 10.3 Å². The SMILES string of the molecule is CCN(CC)C(=O)CSc1nnc(SCC(=O)Nc2sc3c(c2C#N)CCCC3)n1N. The maximum Gasteiger partial charge on any atom is 0.235 e. The fourth-order valence-corrected chi connectivity index (χ4v) is 6.05. The van der Waals surface area contributed by atoms with E-state index in [0.29, 0.717) is 34.0 Å². The number of nitrogens with two attached hydrogens (primary N) is 1. The second kappa shape index (κ2) is 10.9. The summed E-state index contributed by atoms with van der Waals surface area (Å²) in [7, 11) is 0. The van der Waals surface area contributed by atoms with E-state index in [1.807, 2.05) is 13.8 Å². The Morgan fingerprint density at radius 2 is 1.84 bits per heavy atom. The lowest BCUT2D eigenvalue weighted by Crippen LogP contribution is -2.32. The Labute approximate surface area is 193 Å². The molecule has 0 atom stereocenters. The van der Waals surface area contributed by atoms with E-state index in [9.17, 15) is 14.9 Å². The van der Waals surface area contributed by atoms with Crippen molar-refractivity contribution in [3.8, 4) is 6.07 Å². The Balaban J connectivity index is 1.55. The highest BCUT2D eigenvalue weighted by molar-refractivity contribution is 8.00.